The number of carbonyl (C=O) groups is 2. The number of rotatable bonds is 8. The first-order valence-corrected chi connectivity index (χ1v) is 8.46. The normalized spacial score (nSPS) is 11.7. The fourth-order valence-corrected chi connectivity index (χ4v) is 2.74. The SMILES string of the molecule is CC(SCc1ccccc1)C(=O)NCCNC(=O)c1ccco1. The van der Waals surface area contributed by atoms with Crippen LogP contribution in [0.5, 0.6) is 0 Å². The highest BCUT2D eigenvalue weighted by Gasteiger charge is 2.13. The van der Waals surface area contributed by atoms with Gasteiger partial charge in [-0.15, -0.1) is 11.8 Å². The van der Waals surface area contributed by atoms with Gasteiger partial charge in [0.05, 0.1) is 11.5 Å². The van der Waals surface area contributed by atoms with Crippen molar-refractivity contribution in [3.63, 3.8) is 0 Å². The van der Waals surface area contributed by atoms with E-state index in [1.165, 1.54) is 11.8 Å². The van der Waals surface area contributed by atoms with Gasteiger partial charge in [-0.25, -0.2) is 0 Å². The third-order valence-corrected chi connectivity index (χ3v) is 4.38. The van der Waals surface area contributed by atoms with Crippen LogP contribution in [0, 0.1) is 0 Å². The van der Waals surface area contributed by atoms with Crippen molar-refractivity contribution >= 4 is 23.6 Å². The molecule has 2 rings (SSSR count). The highest BCUT2D eigenvalue weighted by Crippen LogP contribution is 2.17. The molecule has 0 aliphatic heterocycles. The van der Waals surface area contributed by atoms with E-state index >= 15 is 0 Å². The number of hydrogen-bond acceptors (Lipinski definition) is 4. The molecule has 1 heterocycles. The molecule has 0 radical (unpaired) electrons. The molecule has 0 bridgehead atoms. The summed E-state index contributed by atoms with van der Waals surface area (Å²) in [5.41, 5.74) is 1.20. The van der Waals surface area contributed by atoms with Gasteiger partial charge in [0.1, 0.15) is 0 Å². The Balaban J connectivity index is 1.61. The van der Waals surface area contributed by atoms with Crippen molar-refractivity contribution in [2.45, 2.75) is 17.9 Å². The third-order valence-electron chi connectivity index (χ3n) is 3.17. The van der Waals surface area contributed by atoms with Crippen LogP contribution in [-0.2, 0) is 10.5 Å². The molecule has 2 amide bonds. The second kappa shape index (κ2) is 9.05. The number of carbonyl (C=O) groups excluding carboxylic acids is 2. The number of amides is 2. The van der Waals surface area contributed by atoms with Crippen molar-refractivity contribution in [3.05, 3.63) is 60.1 Å². The summed E-state index contributed by atoms with van der Waals surface area (Å²) in [5.74, 6) is 0.752. The Kier molecular flexibility index (Phi) is 6.75. The fourth-order valence-electron chi connectivity index (χ4n) is 1.87. The molecule has 5 nitrogen and oxygen atoms in total. The molecule has 122 valence electrons. The Hall–Kier alpha value is -2.21. The Labute approximate surface area is 139 Å². The Morgan fingerprint density at radius 1 is 1.09 bits per heavy atom. The van der Waals surface area contributed by atoms with Gasteiger partial charge in [-0.3, -0.25) is 9.59 Å². The van der Waals surface area contributed by atoms with Gasteiger partial charge in [0.2, 0.25) is 5.91 Å². The van der Waals surface area contributed by atoms with Crippen LogP contribution in [0.4, 0.5) is 0 Å². The second-order valence-corrected chi connectivity index (χ2v) is 6.29. The van der Waals surface area contributed by atoms with Crippen LogP contribution in [0.1, 0.15) is 23.0 Å². The van der Waals surface area contributed by atoms with E-state index in [0.29, 0.717) is 13.1 Å². The second-order valence-electron chi connectivity index (χ2n) is 4.96. The van der Waals surface area contributed by atoms with E-state index in [4.69, 9.17) is 4.42 Å². The first-order chi connectivity index (χ1) is 11.2. The lowest BCUT2D eigenvalue weighted by Crippen LogP contribution is -2.37. The lowest BCUT2D eigenvalue weighted by molar-refractivity contribution is -0.120. The first-order valence-electron chi connectivity index (χ1n) is 7.42. The zero-order chi connectivity index (χ0) is 16.5. The summed E-state index contributed by atoms with van der Waals surface area (Å²) < 4.78 is 4.98. The molecular weight excluding hydrogens is 312 g/mol. The minimum atomic E-state index is -0.282. The molecule has 1 aromatic heterocycles. The summed E-state index contributed by atoms with van der Waals surface area (Å²) in [6, 6.07) is 13.3. The van der Waals surface area contributed by atoms with E-state index in [2.05, 4.69) is 10.6 Å². The van der Waals surface area contributed by atoms with Crippen LogP contribution in [0.15, 0.2) is 53.1 Å². The number of thioether (sulfide) groups is 1. The summed E-state index contributed by atoms with van der Waals surface area (Å²) >= 11 is 1.59. The van der Waals surface area contributed by atoms with E-state index in [1.54, 1.807) is 23.9 Å². The quantitative estimate of drug-likeness (QED) is 0.729. The third kappa shape index (κ3) is 5.83. The summed E-state index contributed by atoms with van der Waals surface area (Å²) in [6.07, 6.45) is 1.45. The lowest BCUT2D eigenvalue weighted by Gasteiger charge is -2.12. The van der Waals surface area contributed by atoms with Crippen molar-refractivity contribution in [2.24, 2.45) is 0 Å². The van der Waals surface area contributed by atoms with Gasteiger partial charge in [0, 0.05) is 18.8 Å². The van der Waals surface area contributed by atoms with Crippen LogP contribution in [0.25, 0.3) is 0 Å². The zero-order valence-corrected chi connectivity index (χ0v) is 13.8. The van der Waals surface area contributed by atoms with Crippen molar-refractivity contribution < 1.29 is 14.0 Å². The lowest BCUT2D eigenvalue weighted by atomic mass is 10.2. The van der Waals surface area contributed by atoms with E-state index < -0.39 is 0 Å². The fraction of sp³-hybridized carbons (Fsp3) is 0.294. The van der Waals surface area contributed by atoms with Gasteiger partial charge >= 0.3 is 0 Å². The predicted octanol–water partition coefficient (Wildman–Crippen LogP) is 2.45. The molecule has 0 aliphatic rings. The van der Waals surface area contributed by atoms with E-state index in [9.17, 15) is 9.59 Å². The minimum absolute atomic E-state index is 0.0295. The standard InChI is InChI=1S/C17H20N2O3S/c1-13(23-12-14-6-3-2-4-7-14)16(20)18-9-10-19-17(21)15-8-5-11-22-15/h2-8,11,13H,9-10,12H2,1H3,(H,18,20)(H,19,21). The number of furan rings is 1. The molecule has 0 aliphatic carbocycles. The van der Waals surface area contributed by atoms with Gasteiger partial charge in [-0.05, 0) is 24.6 Å². The average molecular weight is 332 g/mol. The van der Waals surface area contributed by atoms with Crippen LogP contribution in [-0.4, -0.2) is 30.2 Å². The van der Waals surface area contributed by atoms with Crippen molar-refractivity contribution in [1.29, 1.82) is 0 Å². The highest BCUT2D eigenvalue weighted by atomic mass is 32.2. The number of hydrogen-bond donors (Lipinski definition) is 2. The van der Waals surface area contributed by atoms with Crippen molar-refractivity contribution in [2.75, 3.05) is 13.1 Å². The predicted molar refractivity (Wildman–Crippen MR) is 91.2 cm³/mol. The van der Waals surface area contributed by atoms with Crippen LogP contribution in [0.2, 0.25) is 0 Å². The van der Waals surface area contributed by atoms with Crippen molar-refractivity contribution in [1.82, 2.24) is 10.6 Å². The molecule has 2 aromatic rings. The van der Waals surface area contributed by atoms with Crippen LogP contribution in [0.3, 0.4) is 0 Å². The molecule has 23 heavy (non-hydrogen) atoms. The van der Waals surface area contributed by atoms with Gasteiger partial charge in [-0.2, -0.15) is 0 Å². The Morgan fingerprint density at radius 2 is 1.83 bits per heavy atom. The first kappa shape index (κ1) is 17.1. The molecule has 0 fully saturated rings. The Bertz CT molecular complexity index is 614. The van der Waals surface area contributed by atoms with Crippen molar-refractivity contribution in [3.8, 4) is 0 Å². The van der Waals surface area contributed by atoms with Gasteiger partial charge in [0.25, 0.3) is 5.91 Å². The molecule has 1 atom stereocenters. The topological polar surface area (TPSA) is 71.3 Å². The van der Waals surface area contributed by atoms with Gasteiger partial charge in [-0.1, -0.05) is 30.3 Å². The molecule has 1 aromatic carbocycles. The zero-order valence-electron chi connectivity index (χ0n) is 13.0. The molecular formula is C17H20N2O3S. The van der Waals surface area contributed by atoms with Crippen LogP contribution < -0.4 is 10.6 Å². The molecule has 0 saturated heterocycles. The smallest absolute Gasteiger partial charge is 0.287 e. The van der Waals surface area contributed by atoms with Gasteiger partial charge < -0.3 is 15.1 Å². The maximum atomic E-state index is 12.0. The van der Waals surface area contributed by atoms with E-state index in [0.717, 1.165) is 5.75 Å². The van der Waals surface area contributed by atoms with E-state index in [-0.39, 0.29) is 22.8 Å². The van der Waals surface area contributed by atoms with Gasteiger partial charge in [0.15, 0.2) is 5.76 Å². The summed E-state index contributed by atoms with van der Waals surface area (Å²) in [5, 5.41) is 5.35. The average Bonchev–Trinajstić information content (AvgIpc) is 3.11. The number of benzene rings is 1. The highest BCUT2D eigenvalue weighted by molar-refractivity contribution is 7.99. The van der Waals surface area contributed by atoms with Crippen LogP contribution >= 0.6 is 11.8 Å². The summed E-state index contributed by atoms with van der Waals surface area (Å²) in [6.45, 7) is 2.63. The number of nitrogens with one attached hydrogen (secondary N) is 2. The molecule has 1 unspecified atom stereocenters. The monoisotopic (exact) mass is 332 g/mol. The maximum Gasteiger partial charge on any atom is 0.287 e. The summed E-state index contributed by atoms with van der Waals surface area (Å²) in [7, 11) is 0. The largest absolute Gasteiger partial charge is 0.459 e. The molecule has 0 spiro atoms. The molecule has 0 saturated carbocycles. The maximum absolute atomic E-state index is 12.0. The molecule has 6 heteroatoms. The Morgan fingerprint density at radius 3 is 2.52 bits per heavy atom. The molecule has 2 N–H and O–H groups in total. The minimum Gasteiger partial charge on any atom is -0.459 e. The van der Waals surface area contributed by atoms with E-state index in [1.807, 2.05) is 37.3 Å². The summed E-state index contributed by atoms with van der Waals surface area (Å²) in [4.78, 5) is 23.6.